The normalized spacial score (nSPS) is 11.0. The number of nitrogens with one attached hydrogen (secondary N) is 1. The van der Waals surface area contributed by atoms with E-state index in [0.717, 1.165) is 35.9 Å². The molecule has 0 fully saturated rings. The van der Waals surface area contributed by atoms with E-state index in [1.807, 2.05) is 13.0 Å². The van der Waals surface area contributed by atoms with Crippen molar-refractivity contribution in [2.24, 2.45) is 0 Å². The van der Waals surface area contributed by atoms with E-state index in [1.165, 1.54) is 5.56 Å². The molecule has 0 radical (unpaired) electrons. The van der Waals surface area contributed by atoms with Gasteiger partial charge in [-0.2, -0.15) is 0 Å². The predicted octanol–water partition coefficient (Wildman–Crippen LogP) is 3.74. The van der Waals surface area contributed by atoms with Crippen LogP contribution < -0.4 is 0 Å². The van der Waals surface area contributed by atoms with Crippen LogP contribution in [0.5, 0.6) is 0 Å². The Morgan fingerprint density at radius 3 is 2.83 bits per heavy atom. The number of carbonyl (C=O) groups is 1. The molecule has 0 aliphatic heterocycles. The molecular weight excluding hydrogens is 250 g/mol. The van der Waals surface area contributed by atoms with Crippen molar-refractivity contribution in [2.75, 3.05) is 5.88 Å². The van der Waals surface area contributed by atoms with Gasteiger partial charge in [0, 0.05) is 22.5 Å². The Morgan fingerprint density at radius 2 is 2.17 bits per heavy atom. The Bertz CT molecular complexity index is 574. The van der Waals surface area contributed by atoms with Gasteiger partial charge in [-0.25, -0.2) is 4.79 Å². The zero-order valence-corrected chi connectivity index (χ0v) is 11.0. The number of hydrogen-bond donors (Lipinski definition) is 2. The lowest BCUT2D eigenvalue weighted by molar-refractivity contribution is 0.0697. The predicted molar refractivity (Wildman–Crippen MR) is 73.7 cm³/mol. The maximum atomic E-state index is 11.0. The molecule has 18 heavy (non-hydrogen) atoms. The van der Waals surface area contributed by atoms with Crippen LogP contribution >= 0.6 is 11.6 Å². The van der Waals surface area contributed by atoms with Gasteiger partial charge in [-0.15, -0.1) is 11.6 Å². The molecule has 0 bridgehead atoms. The summed E-state index contributed by atoms with van der Waals surface area (Å²) < 4.78 is 0. The van der Waals surface area contributed by atoms with Crippen LogP contribution in [-0.4, -0.2) is 21.9 Å². The van der Waals surface area contributed by atoms with E-state index < -0.39 is 5.97 Å². The molecule has 0 saturated carbocycles. The molecule has 0 spiro atoms. The van der Waals surface area contributed by atoms with Crippen molar-refractivity contribution in [1.29, 1.82) is 0 Å². The maximum absolute atomic E-state index is 11.0. The molecule has 0 saturated heterocycles. The fourth-order valence-corrected chi connectivity index (χ4v) is 2.42. The summed E-state index contributed by atoms with van der Waals surface area (Å²) in [5.74, 6) is -0.218. The van der Waals surface area contributed by atoms with Crippen LogP contribution in [0.25, 0.3) is 10.9 Å². The molecule has 0 aliphatic carbocycles. The molecule has 4 heteroatoms. The number of unbranched alkanes of at least 4 members (excludes halogenated alkanes) is 1. The van der Waals surface area contributed by atoms with Gasteiger partial charge in [0.1, 0.15) is 0 Å². The van der Waals surface area contributed by atoms with Crippen molar-refractivity contribution in [1.82, 2.24) is 4.98 Å². The summed E-state index contributed by atoms with van der Waals surface area (Å²) in [5.41, 5.74) is 3.65. The molecule has 1 aromatic heterocycles. The van der Waals surface area contributed by atoms with Gasteiger partial charge in [0.2, 0.25) is 0 Å². The van der Waals surface area contributed by atoms with Gasteiger partial charge in [-0.1, -0.05) is 0 Å². The lowest BCUT2D eigenvalue weighted by atomic mass is 10.0. The second-order valence-electron chi connectivity index (χ2n) is 4.44. The van der Waals surface area contributed by atoms with E-state index in [9.17, 15) is 4.79 Å². The number of benzene rings is 1. The van der Waals surface area contributed by atoms with Gasteiger partial charge in [-0.05, 0) is 49.9 Å². The first-order valence-corrected chi connectivity index (χ1v) is 6.57. The molecule has 3 nitrogen and oxygen atoms in total. The highest BCUT2D eigenvalue weighted by atomic mass is 35.5. The summed E-state index contributed by atoms with van der Waals surface area (Å²) in [6, 6.07) is 5.21. The van der Waals surface area contributed by atoms with Gasteiger partial charge in [-0.3, -0.25) is 0 Å². The fourth-order valence-electron chi connectivity index (χ4n) is 2.23. The van der Waals surface area contributed by atoms with Gasteiger partial charge >= 0.3 is 5.97 Å². The van der Waals surface area contributed by atoms with E-state index in [2.05, 4.69) is 4.98 Å². The molecule has 1 heterocycles. The first-order valence-electron chi connectivity index (χ1n) is 6.04. The van der Waals surface area contributed by atoms with Crippen LogP contribution in [0.2, 0.25) is 0 Å². The number of aromatic amines is 1. The first-order chi connectivity index (χ1) is 8.63. The third-order valence-corrected chi connectivity index (χ3v) is 3.44. The number of aromatic carboxylic acids is 1. The fraction of sp³-hybridized carbons (Fsp3) is 0.357. The molecule has 0 atom stereocenters. The highest BCUT2D eigenvalue weighted by Crippen LogP contribution is 2.25. The van der Waals surface area contributed by atoms with Crippen LogP contribution in [0.15, 0.2) is 18.2 Å². The van der Waals surface area contributed by atoms with Gasteiger partial charge in [0.25, 0.3) is 0 Å². The van der Waals surface area contributed by atoms with Gasteiger partial charge in [0.05, 0.1) is 5.56 Å². The van der Waals surface area contributed by atoms with E-state index in [4.69, 9.17) is 16.7 Å². The van der Waals surface area contributed by atoms with Gasteiger partial charge in [0.15, 0.2) is 0 Å². The number of aryl methyl sites for hydroxylation is 2. The molecule has 1 aromatic carbocycles. The molecule has 96 valence electrons. The second kappa shape index (κ2) is 5.44. The lowest BCUT2D eigenvalue weighted by Crippen LogP contribution is -1.95. The molecule has 0 aliphatic rings. The topological polar surface area (TPSA) is 53.1 Å². The van der Waals surface area contributed by atoms with E-state index in [0.29, 0.717) is 11.4 Å². The summed E-state index contributed by atoms with van der Waals surface area (Å²) in [7, 11) is 0. The molecular formula is C14H16ClNO2. The number of H-pyrrole nitrogens is 1. The quantitative estimate of drug-likeness (QED) is 0.639. The molecule has 0 amide bonds. The number of hydrogen-bond acceptors (Lipinski definition) is 1. The van der Waals surface area contributed by atoms with Crippen LogP contribution in [0.4, 0.5) is 0 Å². The Labute approximate surface area is 111 Å². The van der Waals surface area contributed by atoms with Crippen molar-refractivity contribution in [2.45, 2.75) is 26.2 Å². The number of aromatic nitrogens is 1. The summed E-state index contributed by atoms with van der Waals surface area (Å²) in [6.45, 7) is 2.02. The van der Waals surface area contributed by atoms with E-state index >= 15 is 0 Å². The third-order valence-electron chi connectivity index (χ3n) is 3.18. The maximum Gasteiger partial charge on any atom is 0.335 e. The summed E-state index contributed by atoms with van der Waals surface area (Å²) in [5, 5.41) is 10.0. The SMILES string of the molecule is Cc1[nH]c2ccc(C(=O)O)cc2c1CCCCCl. The smallest absolute Gasteiger partial charge is 0.335 e. The number of carboxylic acid groups (broad SMARTS) is 1. The number of alkyl halides is 1. The van der Waals surface area contributed by atoms with Crippen molar-refractivity contribution < 1.29 is 9.90 Å². The molecule has 2 aromatic rings. The van der Waals surface area contributed by atoms with Crippen molar-refractivity contribution in [3.8, 4) is 0 Å². The minimum Gasteiger partial charge on any atom is -0.478 e. The molecule has 2 N–H and O–H groups in total. The highest BCUT2D eigenvalue weighted by molar-refractivity contribution is 6.17. The molecule has 0 unspecified atom stereocenters. The van der Waals surface area contributed by atoms with Crippen LogP contribution in [0.1, 0.15) is 34.5 Å². The lowest BCUT2D eigenvalue weighted by Gasteiger charge is -2.01. The highest BCUT2D eigenvalue weighted by Gasteiger charge is 2.11. The number of halogens is 1. The number of fused-ring (bicyclic) bond motifs is 1. The van der Waals surface area contributed by atoms with Crippen molar-refractivity contribution >= 4 is 28.5 Å². The standard InChI is InChI=1S/C14H16ClNO2/c1-9-11(4-2-3-7-15)12-8-10(14(17)18)5-6-13(12)16-9/h5-6,8,16H,2-4,7H2,1H3,(H,17,18). The van der Waals surface area contributed by atoms with Crippen LogP contribution in [0.3, 0.4) is 0 Å². The first kappa shape index (κ1) is 13.0. The largest absolute Gasteiger partial charge is 0.478 e. The monoisotopic (exact) mass is 265 g/mol. The minimum atomic E-state index is -0.887. The second-order valence-corrected chi connectivity index (χ2v) is 4.82. The third kappa shape index (κ3) is 2.51. The molecule has 2 rings (SSSR count). The minimum absolute atomic E-state index is 0.333. The Kier molecular flexibility index (Phi) is 3.92. The van der Waals surface area contributed by atoms with Gasteiger partial charge < -0.3 is 10.1 Å². The van der Waals surface area contributed by atoms with Crippen molar-refractivity contribution in [3.05, 3.63) is 35.0 Å². The summed E-state index contributed by atoms with van der Waals surface area (Å²) >= 11 is 5.68. The zero-order chi connectivity index (χ0) is 13.1. The Hall–Kier alpha value is -1.48. The summed E-state index contributed by atoms with van der Waals surface area (Å²) in [6.07, 6.45) is 2.93. The zero-order valence-electron chi connectivity index (χ0n) is 10.3. The van der Waals surface area contributed by atoms with Crippen LogP contribution in [-0.2, 0) is 6.42 Å². The van der Waals surface area contributed by atoms with Crippen molar-refractivity contribution in [3.63, 3.8) is 0 Å². The van der Waals surface area contributed by atoms with E-state index in [-0.39, 0.29) is 0 Å². The average Bonchev–Trinajstić information content (AvgIpc) is 2.65. The Morgan fingerprint density at radius 1 is 1.39 bits per heavy atom. The Balaban J connectivity index is 2.40. The number of rotatable bonds is 5. The van der Waals surface area contributed by atoms with Crippen LogP contribution in [0, 0.1) is 6.92 Å². The number of carboxylic acids is 1. The summed E-state index contributed by atoms with van der Waals surface area (Å²) in [4.78, 5) is 14.3. The van der Waals surface area contributed by atoms with E-state index in [1.54, 1.807) is 12.1 Å². The average molecular weight is 266 g/mol.